The molecule has 0 saturated carbocycles. The highest BCUT2D eigenvalue weighted by molar-refractivity contribution is 6.43. The molecule has 2 amide bonds. The molecule has 0 atom stereocenters. The minimum absolute atomic E-state index is 0.0987. The van der Waals surface area contributed by atoms with Crippen molar-refractivity contribution in [3.05, 3.63) is 18.1 Å². The molecule has 0 radical (unpaired) electrons. The van der Waals surface area contributed by atoms with Crippen molar-refractivity contribution in [2.24, 2.45) is 5.10 Å². The number of anilines is 1. The minimum Gasteiger partial charge on any atom is -0.476 e. The summed E-state index contributed by atoms with van der Waals surface area (Å²) >= 11 is 0. The first-order valence-corrected chi connectivity index (χ1v) is 5.29. The average Bonchev–Trinajstić information content (AvgIpc) is 2.39. The Morgan fingerprint density at radius 1 is 1.26 bits per heavy atom. The highest BCUT2D eigenvalue weighted by Crippen LogP contribution is 2.09. The number of nitrogens with zero attached hydrogens (tertiary/aromatic N) is 3. The number of hydrogen-bond donors (Lipinski definition) is 3. The molecule has 9 heteroatoms. The third-order valence-corrected chi connectivity index (χ3v) is 2.30. The van der Waals surface area contributed by atoms with E-state index in [1.807, 2.05) is 0 Å². The normalized spacial score (nSPS) is 14.3. The maximum absolute atomic E-state index is 11.8. The van der Waals surface area contributed by atoms with Crippen molar-refractivity contribution in [2.45, 2.75) is 12.8 Å². The molecule has 9 nitrogen and oxygen atoms in total. The number of hydrazone groups is 1. The number of aromatic nitrogens is 2. The first kappa shape index (κ1) is 12.6. The van der Waals surface area contributed by atoms with Gasteiger partial charge in [0, 0.05) is 25.2 Å². The monoisotopic (exact) mass is 263 g/mol. The summed E-state index contributed by atoms with van der Waals surface area (Å²) in [7, 11) is 0. The molecule has 0 bridgehead atoms. The van der Waals surface area contributed by atoms with E-state index in [1.54, 1.807) is 0 Å². The van der Waals surface area contributed by atoms with E-state index in [1.165, 1.54) is 12.4 Å². The van der Waals surface area contributed by atoms with Gasteiger partial charge in [-0.1, -0.05) is 0 Å². The molecular formula is C10H9N5O4. The Morgan fingerprint density at radius 3 is 2.63 bits per heavy atom. The van der Waals surface area contributed by atoms with Gasteiger partial charge in [-0.05, 0) is 0 Å². The number of hydrogen-bond acceptors (Lipinski definition) is 6. The lowest BCUT2D eigenvalue weighted by Gasteiger charge is -2.12. The Kier molecular flexibility index (Phi) is 3.46. The molecule has 3 N–H and O–H groups in total. The van der Waals surface area contributed by atoms with E-state index in [0.717, 1.165) is 0 Å². The fraction of sp³-hybridized carbons (Fsp3) is 0.200. The van der Waals surface area contributed by atoms with Gasteiger partial charge in [-0.25, -0.2) is 20.2 Å². The fourth-order valence-electron chi connectivity index (χ4n) is 1.40. The summed E-state index contributed by atoms with van der Waals surface area (Å²) < 4.78 is 0. The molecule has 0 aromatic carbocycles. The predicted octanol–water partition coefficient (Wildman–Crippen LogP) is -0.621. The lowest BCUT2D eigenvalue weighted by molar-refractivity contribution is -0.121. The first-order valence-electron chi connectivity index (χ1n) is 5.29. The van der Waals surface area contributed by atoms with Gasteiger partial charge in [0.1, 0.15) is 5.71 Å². The van der Waals surface area contributed by atoms with E-state index in [9.17, 15) is 14.4 Å². The van der Waals surface area contributed by atoms with Gasteiger partial charge in [-0.2, -0.15) is 5.10 Å². The lowest BCUT2D eigenvalue weighted by atomic mass is 10.1. The van der Waals surface area contributed by atoms with Gasteiger partial charge in [0.2, 0.25) is 5.91 Å². The molecular weight excluding hydrogens is 254 g/mol. The summed E-state index contributed by atoms with van der Waals surface area (Å²) in [6.45, 7) is 0. The van der Waals surface area contributed by atoms with Gasteiger partial charge in [-0.3, -0.25) is 9.59 Å². The Hall–Kier alpha value is -2.84. The van der Waals surface area contributed by atoms with Crippen molar-refractivity contribution in [1.82, 2.24) is 15.4 Å². The van der Waals surface area contributed by atoms with E-state index < -0.39 is 11.9 Å². The first-order chi connectivity index (χ1) is 9.08. The van der Waals surface area contributed by atoms with Crippen LogP contribution in [-0.2, 0) is 9.59 Å². The van der Waals surface area contributed by atoms with Crippen LogP contribution in [0.1, 0.15) is 23.3 Å². The van der Waals surface area contributed by atoms with Crippen LogP contribution in [0.3, 0.4) is 0 Å². The van der Waals surface area contributed by atoms with E-state index in [-0.39, 0.29) is 36.0 Å². The van der Waals surface area contributed by atoms with Gasteiger partial charge in [-0.15, -0.1) is 0 Å². The molecule has 1 aliphatic rings. The minimum atomic E-state index is -1.30. The molecule has 1 aliphatic heterocycles. The van der Waals surface area contributed by atoms with Crippen molar-refractivity contribution >= 4 is 29.3 Å². The van der Waals surface area contributed by atoms with Crippen molar-refractivity contribution in [2.75, 3.05) is 5.32 Å². The van der Waals surface area contributed by atoms with Crippen molar-refractivity contribution in [1.29, 1.82) is 0 Å². The number of aromatic carboxylic acids is 1. The summed E-state index contributed by atoms with van der Waals surface area (Å²) in [6, 6.07) is 0. The maximum atomic E-state index is 11.8. The molecule has 0 saturated heterocycles. The van der Waals surface area contributed by atoms with E-state index in [2.05, 4.69) is 25.8 Å². The zero-order valence-electron chi connectivity index (χ0n) is 9.58. The van der Waals surface area contributed by atoms with E-state index >= 15 is 0 Å². The second-order valence-electron chi connectivity index (χ2n) is 3.61. The van der Waals surface area contributed by atoms with E-state index in [4.69, 9.17) is 5.11 Å². The van der Waals surface area contributed by atoms with Crippen LogP contribution in [0, 0.1) is 0 Å². The maximum Gasteiger partial charge on any atom is 0.358 e. The number of rotatable bonds is 3. The number of nitrogens with one attached hydrogen (secondary N) is 2. The van der Waals surface area contributed by atoms with Crippen molar-refractivity contribution < 1.29 is 19.5 Å². The van der Waals surface area contributed by atoms with Crippen molar-refractivity contribution in [3.8, 4) is 0 Å². The molecule has 2 heterocycles. The van der Waals surface area contributed by atoms with Crippen LogP contribution in [0.4, 0.5) is 5.82 Å². The zero-order chi connectivity index (χ0) is 13.8. The molecule has 19 heavy (non-hydrogen) atoms. The van der Waals surface area contributed by atoms with Gasteiger partial charge in [0.15, 0.2) is 11.5 Å². The van der Waals surface area contributed by atoms with Gasteiger partial charge < -0.3 is 10.4 Å². The molecule has 0 unspecified atom stereocenters. The Labute approximate surface area is 106 Å². The second-order valence-corrected chi connectivity index (χ2v) is 3.61. The Bertz CT molecular complexity index is 583. The summed E-state index contributed by atoms with van der Waals surface area (Å²) in [5.74, 6) is -2.37. The quantitative estimate of drug-likeness (QED) is 0.665. The summed E-state index contributed by atoms with van der Waals surface area (Å²) in [5.41, 5.74) is 1.91. The van der Waals surface area contributed by atoms with Crippen LogP contribution in [0.25, 0.3) is 0 Å². The third-order valence-electron chi connectivity index (χ3n) is 2.30. The van der Waals surface area contributed by atoms with Crippen LogP contribution in [-0.4, -0.2) is 38.6 Å². The van der Waals surface area contributed by atoms with Crippen LogP contribution >= 0.6 is 0 Å². The topological polar surface area (TPSA) is 134 Å². The number of carboxylic acids is 1. The van der Waals surface area contributed by atoms with Crippen LogP contribution in [0.2, 0.25) is 0 Å². The van der Waals surface area contributed by atoms with Crippen LogP contribution in [0.15, 0.2) is 17.5 Å². The summed E-state index contributed by atoms with van der Waals surface area (Å²) in [4.78, 5) is 40.9. The van der Waals surface area contributed by atoms with E-state index in [0.29, 0.717) is 0 Å². The molecule has 98 valence electrons. The molecule has 2 rings (SSSR count). The highest BCUT2D eigenvalue weighted by atomic mass is 16.4. The number of carboxylic acid groups (broad SMARTS) is 1. The fourth-order valence-corrected chi connectivity index (χ4v) is 1.40. The molecule has 0 spiro atoms. The molecule has 0 aliphatic carbocycles. The summed E-state index contributed by atoms with van der Waals surface area (Å²) in [5, 5.41) is 14.8. The number of carbonyl (C=O) groups is 3. The average molecular weight is 263 g/mol. The largest absolute Gasteiger partial charge is 0.476 e. The van der Waals surface area contributed by atoms with Crippen LogP contribution in [0.5, 0.6) is 0 Å². The molecule has 0 fully saturated rings. The highest BCUT2D eigenvalue weighted by Gasteiger charge is 2.21. The number of carbonyl (C=O) groups excluding carboxylic acids is 2. The second kappa shape index (κ2) is 5.21. The number of amides is 2. The smallest absolute Gasteiger partial charge is 0.358 e. The van der Waals surface area contributed by atoms with Crippen molar-refractivity contribution in [3.63, 3.8) is 0 Å². The zero-order valence-corrected chi connectivity index (χ0v) is 9.58. The van der Waals surface area contributed by atoms with Gasteiger partial charge in [0.05, 0.1) is 0 Å². The third kappa shape index (κ3) is 2.89. The van der Waals surface area contributed by atoms with Crippen LogP contribution < -0.4 is 10.7 Å². The Morgan fingerprint density at radius 2 is 2.00 bits per heavy atom. The summed E-state index contributed by atoms with van der Waals surface area (Å²) in [6.07, 6.45) is 2.79. The standard InChI is InChI=1S/C10H9N5O4/c16-6-2-1-5(14-15-6)9(17)13-8-7(10(18)19)11-3-4-12-8/h3-4H,1-2H2,(H,15,16)(H,18,19)(H,12,13,17). The lowest BCUT2D eigenvalue weighted by Crippen LogP contribution is -2.33. The predicted molar refractivity (Wildman–Crippen MR) is 62.4 cm³/mol. The Balaban J connectivity index is 2.16. The molecule has 1 aromatic rings. The molecule has 1 aromatic heterocycles. The SMILES string of the molecule is O=C1CCC(C(=O)Nc2nccnc2C(=O)O)=NN1. The van der Waals surface area contributed by atoms with Gasteiger partial charge >= 0.3 is 5.97 Å². The van der Waals surface area contributed by atoms with Gasteiger partial charge in [0.25, 0.3) is 5.91 Å².